The molecule has 7 heteroatoms. The van der Waals surface area contributed by atoms with Gasteiger partial charge in [0.2, 0.25) is 0 Å². The molecule has 0 saturated carbocycles. The standard InChI is InChI=1S/C18H16F3N3O/c1-2-23-14-8-4-3-7-13(14)11-15(23)17(25)24(12-18(19,20)21)16-9-5-6-10-22-16/h3-11H,2,12H2,1H3. The molecular weight excluding hydrogens is 331 g/mol. The van der Waals surface area contributed by atoms with E-state index >= 15 is 0 Å². The van der Waals surface area contributed by atoms with Gasteiger partial charge in [0.1, 0.15) is 18.1 Å². The molecule has 2 heterocycles. The number of amides is 1. The first-order chi connectivity index (χ1) is 11.9. The summed E-state index contributed by atoms with van der Waals surface area (Å²) in [6.07, 6.45) is -3.17. The summed E-state index contributed by atoms with van der Waals surface area (Å²) in [5.41, 5.74) is 1.01. The third kappa shape index (κ3) is 3.50. The van der Waals surface area contributed by atoms with Gasteiger partial charge in [0.15, 0.2) is 0 Å². The van der Waals surface area contributed by atoms with E-state index in [9.17, 15) is 18.0 Å². The number of para-hydroxylation sites is 1. The van der Waals surface area contributed by atoms with Crippen molar-refractivity contribution in [2.45, 2.75) is 19.6 Å². The van der Waals surface area contributed by atoms with Gasteiger partial charge in [0.25, 0.3) is 5.91 Å². The van der Waals surface area contributed by atoms with Crippen molar-refractivity contribution in [3.63, 3.8) is 0 Å². The second-order valence-corrected chi connectivity index (χ2v) is 5.53. The minimum atomic E-state index is -4.53. The molecule has 25 heavy (non-hydrogen) atoms. The van der Waals surface area contributed by atoms with Crippen molar-refractivity contribution >= 4 is 22.6 Å². The van der Waals surface area contributed by atoms with Gasteiger partial charge in [-0.1, -0.05) is 24.3 Å². The summed E-state index contributed by atoms with van der Waals surface area (Å²) in [5.74, 6) is -0.758. The van der Waals surface area contributed by atoms with Gasteiger partial charge >= 0.3 is 6.18 Å². The van der Waals surface area contributed by atoms with Crippen LogP contribution in [0.1, 0.15) is 17.4 Å². The molecule has 3 aromatic rings. The van der Waals surface area contributed by atoms with E-state index in [0.717, 1.165) is 10.9 Å². The van der Waals surface area contributed by atoms with Crippen molar-refractivity contribution in [3.8, 4) is 0 Å². The van der Waals surface area contributed by atoms with E-state index in [-0.39, 0.29) is 11.5 Å². The fourth-order valence-corrected chi connectivity index (χ4v) is 2.82. The van der Waals surface area contributed by atoms with Crippen LogP contribution in [0.25, 0.3) is 10.9 Å². The van der Waals surface area contributed by atoms with Gasteiger partial charge in [-0.25, -0.2) is 4.98 Å². The van der Waals surface area contributed by atoms with Crippen LogP contribution in [0.5, 0.6) is 0 Å². The number of hydrogen-bond donors (Lipinski definition) is 0. The zero-order valence-corrected chi connectivity index (χ0v) is 13.5. The molecule has 1 aromatic carbocycles. The zero-order valence-electron chi connectivity index (χ0n) is 13.5. The minimum Gasteiger partial charge on any atom is -0.337 e. The maximum atomic E-state index is 13.0. The van der Waals surface area contributed by atoms with Gasteiger partial charge in [-0.3, -0.25) is 9.69 Å². The maximum absolute atomic E-state index is 13.0. The van der Waals surface area contributed by atoms with Gasteiger partial charge < -0.3 is 4.57 Å². The summed E-state index contributed by atoms with van der Waals surface area (Å²) in [7, 11) is 0. The quantitative estimate of drug-likeness (QED) is 0.707. The molecule has 0 radical (unpaired) electrons. The molecule has 0 unspecified atom stereocenters. The Morgan fingerprint density at radius 3 is 2.52 bits per heavy atom. The largest absolute Gasteiger partial charge is 0.406 e. The highest BCUT2D eigenvalue weighted by Crippen LogP contribution is 2.25. The van der Waals surface area contributed by atoms with Crippen LogP contribution in [0.15, 0.2) is 54.7 Å². The average Bonchev–Trinajstić information content (AvgIpc) is 2.97. The number of fused-ring (bicyclic) bond motifs is 1. The summed E-state index contributed by atoms with van der Waals surface area (Å²) in [4.78, 5) is 17.5. The number of rotatable bonds is 4. The number of halogens is 3. The van der Waals surface area contributed by atoms with E-state index in [0.29, 0.717) is 11.4 Å². The lowest BCUT2D eigenvalue weighted by atomic mass is 10.2. The molecule has 0 spiro atoms. The molecule has 3 rings (SSSR count). The summed E-state index contributed by atoms with van der Waals surface area (Å²) < 4.78 is 40.8. The summed E-state index contributed by atoms with van der Waals surface area (Å²) in [6, 6.07) is 13.5. The number of benzene rings is 1. The second kappa shape index (κ2) is 6.58. The first-order valence-corrected chi connectivity index (χ1v) is 7.78. The molecule has 0 fully saturated rings. The van der Waals surface area contributed by atoms with E-state index in [1.165, 1.54) is 12.3 Å². The van der Waals surface area contributed by atoms with E-state index in [1.807, 2.05) is 31.2 Å². The van der Waals surface area contributed by atoms with Crippen molar-refractivity contribution in [1.29, 1.82) is 0 Å². The third-order valence-corrected chi connectivity index (χ3v) is 3.85. The Labute approximate surface area is 142 Å². The van der Waals surface area contributed by atoms with Crippen LogP contribution in [0.2, 0.25) is 0 Å². The van der Waals surface area contributed by atoms with E-state index < -0.39 is 18.6 Å². The molecule has 0 aliphatic heterocycles. The normalized spacial score (nSPS) is 11.7. The van der Waals surface area contributed by atoms with Gasteiger partial charge in [0, 0.05) is 23.6 Å². The van der Waals surface area contributed by atoms with Crippen molar-refractivity contribution in [2.24, 2.45) is 0 Å². The fourth-order valence-electron chi connectivity index (χ4n) is 2.82. The first-order valence-electron chi connectivity index (χ1n) is 7.78. The lowest BCUT2D eigenvalue weighted by molar-refractivity contribution is -0.118. The lowest BCUT2D eigenvalue weighted by Gasteiger charge is -2.23. The monoisotopic (exact) mass is 347 g/mol. The van der Waals surface area contributed by atoms with Crippen LogP contribution >= 0.6 is 0 Å². The SMILES string of the molecule is CCn1c(C(=O)N(CC(F)(F)F)c2ccccn2)cc2ccccc21. The molecule has 0 atom stereocenters. The maximum Gasteiger partial charge on any atom is 0.406 e. The van der Waals surface area contributed by atoms with Crippen LogP contribution in [0, 0.1) is 0 Å². The fraction of sp³-hybridized carbons (Fsp3) is 0.222. The molecule has 0 aliphatic carbocycles. The second-order valence-electron chi connectivity index (χ2n) is 5.53. The van der Waals surface area contributed by atoms with E-state index in [1.54, 1.807) is 22.8 Å². The number of nitrogens with zero attached hydrogens (tertiary/aromatic N) is 3. The highest BCUT2D eigenvalue weighted by atomic mass is 19.4. The van der Waals surface area contributed by atoms with Crippen LogP contribution < -0.4 is 4.90 Å². The summed E-state index contributed by atoms with van der Waals surface area (Å²) in [6.45, 7) is 0.919. The Bertz CT molecular complexity index is 887. The molecule has 0 bridgehead atoms. The molecular formula is C18H16F3N3O. The Hall–Kier alpha value is -2.83. The number of aryl methyl sites for hydroxylation is 1. The van der Waals surface area contributed by atoms with Crippen LogP contribution in [-0.2, 0) is 6.54 Å². The average molecular weight is 347 g/mol. The van der Waals surface area contributed by atoms with Gasteiger partial charge in [-0.15, -0.1) is 0 Å². The Balaban J connectivity index is 2.09. The van der Waals surface area contributed by atoms with Crippen molar-refractivity contribution in [2.75, 3.05) is 11.4 Å². The molecule has 4 nitrogen and oxygen atoms in total. The molecule has 1 amide bonds. The number of anilines is 1. The summed E-state index contributed by atoms with van der Waals surface area (Å²) in [5, 5.41) is 0.806. The summed E-state index contributed by atoms with van der Waals surface area (Å²) >= 11 is 0. The Kier molecular flexibility index (Phi) is 4.48. The van der Waals surface area contributed by atoms with Crippen molar-refractivity contribution in [1.82, 2.24) is 9.55 Å². The molecule has 0 N–H and O–H groups in total. The smallest absolute Gasteiger partial charge is 0.337 e. The zero-order chi connectivity index (χ0) is 18.0. The van der Waals surface area contributed by atoms with Crippen LogP contribution in [-0.4, -0.2) is 28.2 Å². The number of pyridine rings is 1. The Morgan fingerprint density at radius 2 is 1.88 bits per heavy atom. The minimum absolute atomic E-state index is 0.0299. The molecule has 2 aromatic heterocycles. The number of alkyl halides is 3. The predicted molar refractivity (Wildman–Crippen MR) is 89.6 cm³/mol. The molecule has 0 saturated heterocycles. The van der Waals surface area contributed by atoms with Crippen LogP contribution in [0.4, 0.5) is 19.0 Å². The Morgan fingerprint density at radius 1 is 1.16 bits per heavy atom. The topological polar surface area (TPSA) is 38.1 Å². The molecule has 0 aliphatic rings. The first kappa shape index (κ1) is 17.0. The number of hydrogen-bond acceptors (Lipinski definition) is 2. The van der Waals surface area contributed by atoms with Gasteiger partial charge in [-0.05, 0) is 31.2 Å². The number of carbonyl (C=O) groups excluding carboxylic acids is 1. The van der Waals surface area contributed by atoms with Crippen molar-refractivity contribution < 1.29 is 18.0 Å². The van der Waals surface area contributed by atoms with Crippen LogP contribution in [0.3, 0.4) is 0 Å². The number of aromatic nitrogens is 2. The molecule has 130 valence electrons. The number of carbonyl (C=O) groups is 1. The predicted octanol–water partition coefficient (Wildman–Crippen LogP) is 4.27. The lowest BCUT2D eigenvalue weighted by Crippen LogP contribution is -2.40. The van der Waals surface area contributed by atoms with Gasteiger partial charge in [0.05, 0.1) is 0 Å². The van der Waals surface area contributed by atoms with E-state index in [4.69, 9.17) is 0 Å². The van der Waals surface area contributed by atoms with Crippen molar-refractivity contribution in [3.05, 3.63) is 60.4 Å². The van der Waals surface area contributed by atoms with E-state index in [2.05, 4.69) is 4.98 Å². The third-order valence-electron chi connectivity index (χ3n) is 3.85. The highest BCUT2D eigenvalue weighted by Gasteiger charge is 2.35. The van der Waals surface area contributed by atoms with Gasteiger partial charge in [-0.2, -0.15) is 13.2 Å². The highest BCUT2D eigenvalue weighted by molar-refractivity contribution is 6.07.